The summed E-state index contributed by atoms with van der Waals surface area (Å²) in [6.07, 6.45) is 0.681. The topological polar surface area (TPSA) is 96.5 Å². The van der Waals surface area contributed by atoms with Crippen LogP contribution in [0.5, 0.6) is 0 Å². The Morgan fingerprint density at radius 2 is 2.42 bits per heavy atom. The average Bonchev–Trinajstić information content (AvgIpc) is 2.37. The molecule has 4 N–H and O–H groups in total. The third-order valence-electron chi connectivity index (χ3n) is 2.84. The Morgan fingerprint density at radius 1 is 1.68 bits per heavy atom. The van der Waals surface area contributed by atoms with Crippen LogP contribution in [0.15, 0.2) is 6.20 Å². The molecular formula is C11H18FN5O2. The minimum atomic E-state index is -0.534. The van der Waals surface area contributed by atoms with Crippen LogP contribution in [0.4, 0.5) is 16.2 Å². The number of hydrazine groups is 1. The summed E-state index contributed by atoms with van der Waals surface area (Å²) in [6, 6.07) is 0. The first kappa shape index (κ1) is 13.9. The Balaban J connectivity index is 2.29. The zero-order chi connectivity index (χ0) is 14.0. The van der Waals surface area contributed by atoms with Crippen LogP contribution in [0.3, 0.4) is 0 Å². The van der Waals surface area contributed by atoms with Crippen LogP contribution in [-0.4, -0.2) is 46.5 Å². The lowest BCUT2D eigenvalue weighted by atomic mass is 10.1. The molecule has 19 heavy (non-hydrogen) atoms. The monoisotopic (exact) mass is 271 g/mol. The summed E-state index contributed by atoms with van der Waals surface area (Å²) in [7, 11) is 0. The lowest BCUT2D eigenvalue weighted by molar-refractivity contribution is -0.101. The summed E-state index contributed by atoms with van der Waals surface area (Å²) in [5, 5.41) is 9.25. The molecule has 0 aliphatic carbocycles. The summed E-state index contributed by atoms with van der Waals surface area (Å²) in [5.74, 6) is 4.98. The van der Waals surface area contributed by atoms with E-state index in [0.29, 0.717) is 13.1 Å². The number of hydrogen-bond donors (Lipinski definition) is 3. The van der Waals surface area contributed by atoms with Crippen molar-refractivity contribution >= 4 is 11.8 Å². The normalized spacial score (nSPS) is 22.4. The van der Waals surface area contributed by atoms with Crippen LogP contribution in [0.1, 0.15) is 13.8 Å². The van der Waals surface area contributed by atoms with E-state index in [1.807, 2.05) is 13.8 Å². The molecule has 1 atom stereocenters. The Labute approximate surface area is 110 Å². The number of rotatable bonds is 3. The molecule has 106 valence electrons. The highest BCUT2D eigenvalue weighted by atomic mass is 19.1. The van der Waals surface area contributed by atoms with Gasteiger partial charge in [-0.2, -0.15) is 4.98 Å². The number of aliphatic hydroxyl groups excluding tert-OH is 1. The molecule has 0 amide bonds. The molecule has 1 aromatic heterocycles. The molecule has 7 nitrogen and oxygen atoms in total. The molecule has 1 aliphatic rings. The third kappa shape index (κ3) is 3.09. The zero-order valence-corrected chi connectivity index (χ0v) is 10.9. The van der Waals surface area contributed by atoms with Gasteiger partial charge in [-0.3, -0.25) is 5.43 Å². The largest absolute Gasteiger partial charge is 0.394 e. The fourth-order valence-electron chi connectivity index (χ4n) is 2.20. The molecule has 0 aromatic carbocycles. The van der Waals surface area contributed by atoms with Gasteiger partial charge in [-0.1, -0.05) is 0 Å². The number of aromatic nitrogens is 2. The van der Waals surface area contributed by atoms with Crippen molar-refractivity contribution in [2.75, 3.05) is 30.0 Å². The first-order valence-corrected chi connectivity index (χ1v) is 5.98. The fraction of sp³-hybridized carbons (Fsp3) is 0.636. The van der Waals surface area contributed by atoms with Crippen molar-refractivity contribution in [3.05, 3.63) is 12.0 Å². The molecule has 1 aliphatic heterocycles. The maximum absolute atomic E-state index is 13.8. The fourth-order valence-corrected chi connectivity index (χ4v) is 2.20. The molecule has 0 radical (unpaired) electrons. The summed E-state index contributed by atoms with van der Waals surface area (Å²) in [6.45, 7) is 4.44. The van der Waals surface area contributed by atoms with Gasteiger partial charge in [0.2, 0.25) is 5.95 Å². The molecule has 8 heteroatoms. The van der Waals surface area contributed by atoms with E-state index in [2.05, 4.69) is 15.4 Å². The zero-order valence-electron chi connectivity index (χ0n) is 10.9. The van der Waals surface area contributed by atoms with Crippen LogP contribution >= 0.6 is 0 Å². The van der Waals surface area contributed by atoms with Gasteiger partial charge in [-0.05, 0) is 13.8 Å². The van der Waals surface area contributed by atoms with E-state index in [9.17, 15) is 9.50 Å². The van der Waals surface area contributed by atoms with E-state index >= 15 is 0 Å². The number of nitrogens with zero attached hydrogens (tertiary/aromatic N) is 3. The molecule has 0 spiro atoms. The number of anilines is 2. The quantitative estimate of drug-likeness (QED) is 0.521. The van der Waals surface area contributed by atoms with Gasteiger partial charge in [0.25, 0.3) is 0 Å². The maximum atomic E-state index is 13.8. The Morgan fingerprint density at radius 3 is 3.05 bits per heavy atom. The third-order valence-corrected chi connectivity index (χ3v) is 2.84. The standard InChI is InChI=1S/C11H18FN5O2/c1-11(2)6-17(4-7(5-18)19-11)9-8(12)3-14-10(15-9)16-13/h3,7,18H,4-6,13H2,1-2H3,(H,14,15,16). The molecule has 2 rings (SSSR count). The van der Waals surface area contributed by atoms with Gasteiger partial charge in [0, 0.05) is 13.1 Å². The number of morpholine rings is 1. The summed E-state index contributed by atoms with van der Waals surface area (Å²) < 4.78 is 19.5. The van der Waals surface area contributed by atoms with Crippen molar-refractivity contribution in [3.63, 3.8) is 0 Å². The minimum absolute atomic E-state index is 0.130. The van der Waals surface area contributed by atoms with Crippen LogP contribution in [0.2, 0.25) is 0 Å². The molecule has 0 saturated carbocycles. The van der Waals surface area contributed by atoms with E-state index in [-0.39, 0.29) is 24.5 Å². The number of aliphatic hydroxyl groups is 1. The SMILES string of the molecule is CC1(C)CN(c2nc(NN)ncc2F)CC(CO)O1. The highest BCUT2D eigenvalue weighted by Gasteiger charge is 2.34. The summed E-state index contributed by atoms with van der Waals surface area (Å²) in [5.41, 5.74) is 1.78. The van der Waals surface area contributed by atoms with Crippen molar-refractivity contribution in [2.24, 2.45) is 5.84 Å². The molecule has 1 unspecified atom stereocenters. The highest BCUT2D eigenvalue weighted by Crippen LogP contribution is 2.26. The van der Waals surface area contributed by atoms with Gasteiger partial charge in [0.05, 0.1) is 24.5 Å². The second kappa shape index (κ2) is 5.24. The molecule has 0 bridgehead atoms. The smallest absolute Gasteiger partial charge is 0.239 e. The predicted molar refractivity (Wildman–Crippen MR) is 68.1 cm³/mol. The van der Waals surface area contributed by atoms with E-state index in [0.717, 1.165) is 6.20 Å². The van der Waals surface area contributed by atoms with Crippen LogP contribution in [0.25, 0.3) is 0 Å². The van der Waals surface area contributed by atoms with E-state index < -0.39 is 11.4 Å². The number of nitrogens with two attached hydrogens (primary N) is 1. The van der Waals surface area contributed by atoms with Crippen LogP contribution in [0, 0.1) is 5.82 Å². The number of nitrogen functional groups attached to an aromatic ring is 1. The Bertz CT molecular complexity index is 457. The van der Waals surface area contributed by atoms with E-state index in [1.54, 1.807) is 4.90 Å². The lowest BCUT2D eigenvalue weighted by Gasteiger charge is -2.42. The Kier molecular flexibility index (Phi) is 3.83. The second-order valence-corrected chi connectivity index (χ2v) is 5.07. The maximum Gasteiger partial charge on any atom is 0.239 e. The van der Waals surface area contributed by atoms with E-state index in [4.69, 9.17) is 10.6 Å². The van der Waals surface area contributed by atoms with Crippen molar-refractivity contribution in [1.29, 1.82) is 0 Å². The lowest BCUT2D eigenvalue weighted by Crippen LogP contribution is -2.54. The summed E-state index contributed by atoms with van der Waals surface area (Å²) >= 11 is 0. The van der Waals surface area contributed by atoms with Crippen molar-refractivity contribution < 1.29 is 14.2 Å². The van der Waals surface area contributed by atoms with Crippen molar-refractivity contribution in [1.82, 2.24) is 9.97 Å². The van der Waals surface area contributed by atoms with Gasteiger partial charge in [0.15, 0.2) is 11.6 Å². The van der Waals surface area contributed by atoms with Crippen molar-refractivity contribution in [3.8, 4) is 0 Å². The minimum Gasteiger partial charge on any atom is -0.394 e. The molecular weight excluding hydrogens is 253 g/mol. The van der Waals surface area contributed by atoms with Gasteiger partial charge in [-0.15, -0.1) is 0 Å². The van der Waals surface area contributed by atoms with Gasteiger partial charge in [0.1, 0.15) is 0 Å². The molecule has 2 heterocycles. The number of ether oxygens (including phenoxy) is 1. The van der Waals surface area contributed by atoms with E-state index in [1.165, 1.54) is 0 Å². The van der Waals surface area contributed by atoms with Crippen LogP contribution < -0.4 is 16.2 Å². The number of hydrogen-bond acceptors (Lipinski definition) is 7. The predicted octanol–water partition coefficient (Wildman–Crippen LogP) is -0.123. The summed E-state index contributed by atoms with van der Waals surface area (Å²) in [4.78, 5) is 9.44. The highest BCUT2D eigenvalue weighted by molar-refractivity contribution is 5.44. The molecule has 1 aromatic rings. The van der Waals surface area contributed by atoms with Gasteiger partial charge in [-0.25, -0.2) is 15.2 Å². The van der Waals surface area contributed by atoms with Crippen LogP contribution in [-0.2, 0) is 4.74 Å². The first-order chi connectivity index (χ1) is 8.95. The van der Waals surface area contributed by atoms with Gasteiger partial charge >= 0.3 is 0 Å². The molecule has 1 saturated heterocycles. The molecule has 1 fully saturated rings. The van der Waals surface area contributed by atoms with Gasteiger partial charge < -0.3 is 14.7 Å². The Hall–Kier alpha value is -1.51. The first-order valence-electron chi connectivity index (χ1n) is 5.98. The average molecular weight is 271 g/mol. The second-order valence-electron chi connectivity index (χ2n) is 5.07. The number of halogens is 1. The van der Waals surface area contributed by atoms with Crippen molar-refractivity contribution in [2.45, 2.75) is 25.6 Å². The number of nitrogens with one attached hydrogen (secondary N) is 1.